The summed E-state index contributed by atoms with van der Waals surface area (Å²) in [5, 5.41) is 5.27. The van der Waals surface area contributed by atoms with E-state index in [0.717, 1.165) is 25.8 Å². The maximum atomic E-state index is 12.5. The van der Waals surface area contributed by atoms with Gasteiger partial charge in [-0.2, -0.15) is 0 Å². The highest BCUT2D eigenvalue weighted by atomic mass is 32.1. The first kappa shape index (κ1) is 13.2. The molecule has 20 heavy (non-hydrogen) atoms. The van der Waals surface area contributed by atoms with Crippen molar-refractivity contribution >= 4 is 22.9 Å². The van der Waals surface area contributed by atoms with Crippen LogP contribution in [-0.2, 0) is 13.0 Å². The largest absolute Gasteiger partial charge is 0.397 e. The van der Waals surface area contributed by atoms with E-state index in [-0.39, 0.29) is 11.9 Å². The van der Waals surface area contributed by atoms with Crippen LogP contribution in [-0.4, -0.2) is 10.5 Å². The summed E-state index contributed by atoms with van der Waals surface area (Å²) in [4.78, 5) is 13.9. The van der Waals surface area contributed by atoms with Crippen molar-refractivity contribution in [3.05, 3.63) is 39.8 Å². The maximum absolute atomic E-state index is 12.5. The minimum Gasteiger partial charge on any atom is -0.397 e. The highest BCUT2D eigenvalue weighted by Crippen LogP contribution is 2.33. The van der Waals surface area contributed by atoms with Gasteiger partial charge in [0, 0.05) is 17.6 Å². The number of carbonyl (C=O) groups is 1. The Morgan fingerprint density at radius 2 is 2.45 bits per heavy atom. The van der Waals surface area contributed by atoms with E-state index in [1.807, 2.05) is 17.7 Å². The van der Waals surface area contributed by atoms with E-state index in [1.165, 1.54) is 10.4 Å². The summed E-state index contributed by atoms with van der Waals surface area (Å²) in [5.41, 5.74) is 8.36. The molecule has 0 aromatic carbocycles. The normalized spacial score (nSPS) is 17.8. The first-order valence-electron chi connectivity index (χ1n) is 7.01. The zero-order valence-electron chi connectivity index (χ0n) is 11.6. The van der Waals surface area contributed by atoms with Crippen molar-refractivity contribution in [3.63, 3.8) is 0 Å². The smallest absolute Gasteiger partial charge is 0.268 e. The fourth-order valence-electron chi connectivity index (χ4n) is 2.85. The molecule has 1 unspecified atom stereocenters. The molecule has 0 fully saturated rings. The summed E-state index contributed by atoms with van der Waals surface area (Å²) in [6.45, 7) is 2.75. The zero-order chi connectivity index (χ0) is 14.1. The van der Waals surface area contributed by atoms with Gasteiger partial charge in [0.1, 0.15) is 5.69 Å². The molecule has 0 bridgehead atoms. The number of rotatable bonds is 3. The minimum atomic E-state index is -0.0346. The lowest BCUT2D eigenvalue weighted by molar-refractivity contribution is 0.0923. The first-order chi connectivity index (χ1) is 9.69. The van der Waals surface area contributed by atoms with E-state index >= 15 is 0 Å². The molecule has 3 rings (SSSR count). The van der Waals surface area contributed by atoms with Gasteiger partial charge in [0.05, 0.1) is 11.7 Å². The number of nitrogens with zero attached hydrogens (tertiary/aromatic N) is 1. The summed E-state index contributed by atoms with van der Waals surface area (Å²) < 4.78 is 1.89. The van der Waals surface area contributed by atoms with Gasteiger partial charge in [-0.05, 0) is 49.3 Å². The van der Waals surface area contributed by atoms with Crippen LogP contribution in [0.4, 0.5) is 5.69 Å². The number of thiophene rings is 1. The Kier molecular flexibility index (Phi) is 3.53. The number of fused-ring (bicyclic) bond motifs is 1. The molecule has 2 aromatic rings. The number of aryl methyl sites for hydroxylation is 2. The van der Waals surface area contributed by atoms with Crippen molar-refractivity contribution in [2.75, 3.05) is 5.73 Å². The third-order valence-corrected chi connectivity index (χ3v) is 4.84. The second-order valence-corrected chi connectivity index (χ2v) is 6.16. The molecule has 1 aliphatic carbocycles. The second-order valence-electron chi connectivity index (χ2n) is 5.16. The number of amides is 1. The van der Waals surface area contributed by atoms with Crippen molar-refractivity contribution < 1.29 is 4.79 Å². The summed E-state index contributed by atoms with van der Waals surface area (Å²) in [7, 11) is 0. The fraction of sp³-hybridized carbons (Fsp3) is 0.400. The zero-order valence-corrected chi connectivity index (χ0v) is 12.4. The second kappa shape index (κ2) is 5.32. The number of hydrogen-bond acceptors (Lipinski definition) is 3. The van der Waals surface area contributed by atoms with Gasteiger partial charge >= 0.3 is 0 Å². The topological polar surface area (TPSA) is 60.0 Å². The lowest BCUT2D eigenvalue weighted by atomic mass is 9.94. The van der Waals surface area contributed by atoms with Gasteiger partial charge in [-0.1, -0.05) is 0 Å². The maximum Gasteiger partial charge on any atom is 0.268 e. The van der Waals surface area contributed by atoms with E-state index in [2.05, 4.69) is 16.8 Å². The van der Waals surface area contributed by atoms with Gasteiger partial charge in [0.2, 0.25) is 0 Å². The Morgan fingerprint density at radius 1 is 1.60 bits per heavy atom. The van der Waals surface area contributed by atoms with Gasteiger partial charge in [0.15, 0.2) is 0 Å². The van der Waals surface area contributed by atoms with Crippen molar-refractivity contribution in [1.82, 2.24) is 9.88 Å². The molecule has 0 spiro atoms. The molecule has 5 heteroatoms. The standard InChI is InChI=1S/C15H19N3OS/c1-2-18-9-10(16)8-13(18)15(19)17-12-4-3-5-14-11(12)6-7-20-14/h6-9,12H,2-5,16H2,1H3,(H,17,19). The fourth-order valence-corrected chi connectivity index (χ4v) is 3.84. The average molecular weight is 289 g/mol. The van der Waals surface area contributed by atoms with Crippen molar-refractivity contribution in [2.24, 2.45) is 0 Å². The number of nitrogens with one attached hydrogen (secondary N) is 1. The quantitative estimate of drug-likeness (QED) is 0.912. The molecule has 1 atom stereocenters. The van der Waals surface area contributed by atoms with E-state index in [0.29, 0.717) is 11.4 Å². The molecule has 0 aliphatic heterocycles. The molecule has 1 amide bonds. The predicted octanol–water partition coefficient (Wildman–Crippen LogP) is 2.96. The Balaban J connectivity index is 1.80. The van der Waals surface area contributed by atoms with Crippen LogP contribution in [0.15, 0.2) is 23.7 Å². The average Bonchev–Trinajstić information content (AvgIpc) is 3.05. The third kappa shape index (κ3) is 2.33. The Hall–Kier alpha value is -1.75. The summed E-state index contributed by atoms with van der Waals surface area (Å²) in [5.74, 6) is -0.0346. The Labute approximate surface area is 122 Å². The van der Waals surface area contributed by atoms with Crippen LogP contribution >= 0.6 is 11.3 Å². The van der Waals surface area contributed by atoms with Crippen LogP contribution in [0, 0.1) is 0 Å². The first-order valence-corrected chi connectivity index (χ1v) is 7.89. The molecule has 4 nitrogen and oxygen atoms in total. The van der Waals surface area contributed by atoms with E-state index < -0.39 is 0 Å². The van der Waals surface area contributed by atoms with Gasteiger partial charge in [0.25, 0.3) is 5.91 Å². The van der Waals surface area contributed by atoms with Crippen LogP contribution in [0.1, 0.15) is 46.7 Å². The minimum absolute atomic E-state index is 0.0346. The van der Waals surface area contributed by atoms with Crippen molar-refractivity contribution in [2.45, 2.75) is 38.8 Å². The highest BCUT2D eigenvalue weighted by Gasteiger charge is 2.24. The molecule has 3 N–H and O–H groups in total. The van der Waals surface area contributed by atoms with Gasteiger partial charge in [-0.15, -0.1) is 11.3 Å². The third-order valence-electron chi connectivity index (χ3n) is 3.85. The van der Waals surface area contributed by atoms with Crippen LogP contribution in [0.3, 0.4) is 0 Å². The number of hydrogen-bond donors (Lipinski definition) is 2. The van der Waals surface area contributed by atoms with Crippen LogP contribution in [0.5, 0.6) is 0 Å². The molecular weight excluding hydrogens is 270 g/mol. The number of anilines is 1. The molecule has 0 radical (unpaired) electrons. The Bertz CT molecular complexity index is 629. The van der Waals surface area contributed by atoms with Gasteiger partial charge < -0.3 is 15.6 Å². The lowest BCUT2D eigenvalue weighted by Gasteiger charge is -2.23. The molecule has 0 saturated carbocycles. The molecule has 0 saturated heterocycles. The monoisotopic (exact) mass is 289 g/mol. The summed E-state index contributed by atoms with van der Waals surface area (Å²) in [6, 6.07) is 4.02. The van der Waals surface area contributed by atoms with Crippen LogP contribution in [0.25, 0.3) is 0 Å². The molecule has 2 heterocycles. The Morgan fingerprint density at radius 3 is 3.25 bits per heavy atom. The lowest BCUT2D eigenvalue weighted by Crippen LogP contribution is -2.31. The number of aromatic nitrogens is 1. The number of nitrogen functional groups attached to an aromatic ring is 1. The number of carbonyl (C=O) groups excluding carboxylic acids is 1. The molecule has 106 valence electrons. The number of nitrogens with two attached hydrogens (primary N) is 1. The van der Waals surface area contributed by atoms with Crippen LogP contribution < -0.4 is 11.1 Å². The summed E-state index contributed by atoms with van der Waals surface area (Å²) in [6.07, 6.45) is 5.09. The summed E-state index contributed by atoms with van der Waals surface area (Å²) >= 11 is 1.79. The molecule has 2 aromatic heterocycles. The highest BCUT2D eigenvalue weighted by molar-refractivity contribution is 7.10. The predicted molar refractivity (Wildman–Crippen MR) is 82.0 cm³/mol. The SMILES string of the molecule is CCn1cc(N)cc1C(=O)NC1CCCc2sccc21. The van der Waals surface area contributed by atoms with Crippen molar-refractivity contribution in [1.29, 1.82) is 0 Å². The van der Waals surface area contributed by atoms with Crippen LogP contribution in [0.2, 0.25) is 0 Å². The van der Waals surface area contributed by atoms with Crippen molar-refractivity contribution in [3.8, 4) is 0 Å². The van der Waals surface area contributed by atoms with E-state index in [9.17, 15) is 4.79 Å². The molecular formula is C15H19N3OS. The molecule has 1 aliphatic rings. The van der Waals surface area contributed by atoms with Gasteiger partial charge in [-0.3, -0.25) is 4.79 Å². The van der Waals surface area contributed by atoms with E-state index in [1.54, 1.807) is 17.4 Å². The van der Waals surface area contributed by atoms with Gasteiger partial charge in [-0.25, -0.2) is 0 Å². The van der Waals surface area contributed by atoms with E-state index in [4.69, 9.17) is 5.73 Å².